The fourth-order valence-electron chi connectivity index (χ4n) is 1.65. The molecular formula is C13H20BrN3O2. The SMILES string of the molecule is CCCn1cc(Br)cc1C(=O)NCC(=O)N(C)CC. The van der Waals surface area contributed by atoms with Gasteiger partial charge in [0.15, 0.2) is 0 Å². The molecule has 0 spiro atoms. The second-order valence-electron chi connectivity index (χ2n) is 4.33. The molecule has 0 aliphatic heterocycles. The van der Waals surface area contributed by atoms with Crippen molar-refractivity contribution in [1.29, 1.82) is 0 Å². The van der Waals surface area contributed by atoms with Gasteiger partial charge in [0.05, 0.1) is 6.54 Å². The topological polar surface area (TPSA) is 54.3 Å². The smallest absolute Gasteiger partial charge is 0.268 e. The number of hydrogen-bond donors (Lipinski definition) is 1. The molecule has 1 N–H and O–H groups in total. The fraction of sp³-hybridized carbons (Fsp3) is 0.538. The van der Waals surface area contributed by atoms with E-state index in [9.17, 15) is 9.59 Å². The molecule has 2 amide bonds. The molecule has 19 heavy (non-hydrogen) atoms. The van der Waals surface area contributed by atoms with Crippen molar-refractivity contribution in [3.8, 4) is 0 Å². The lowest BCUT2D eigenvalue weighted by Crippen LogP contribution is -2.38. The van der Waals surface area contributed by atoms with Crippen LogP contribution >= 0.6 is 15.9 Å². The minimum absolute atomic E-state index is 0.0259. The molecule has 1 aromatic heterocycles. The van der Waals surface area contributed by atoms with Crippen LogP contribution in [-0.4, -0.2) is 41.4 Å². The highest BCUT2D eigenvalue weighted by Crippen LogP contribution is 2.15. The maximum Gasteiger partial charge on any atom is 0.268 e. The second kappa shape index (κ2) is 7.33. The zero-order valence-electron chi connectivity index (χ0n) is 11.6. The van der Waals surface area contributed by atoms with E-state index in [1.54, 1.807) is 18.0 Å². The van der Waals surface area contributed by atoms with Crippen LogP contribution in [-0.2, 0) is 11.3 Å². The number of aryl methyl sites for hydroxylation is 1. The molecule has 0 fully saturated rings. The first-order chi connectivity index (χ1) is 8.99. The molecule has 5 nitrogen and oxygen atoms in total. The van der Waals surface area contributed by atoms with Gasteiger partial charge in [0.1, 0.15) is 5.69 Å². The third kappa shape index (κ3) is 4.38. The van der Waals surface area contributed by atoms with Gasteiger partial charge >= 0.3 is 0 Å². The van der Waals surface area contributed by atoms with E-state index in [0.717, 1.165) is 17.4 Å². The molecule has 6 heteroatoms. The molecule has 0 unspecified atom stereocenters. The van der Waals surface area contributed by atoms with Gasteiger partial charge in [-0.15, -0.1) is 0 Å². The van der Waals surface area contributed by atoms with Crippen LogP contribution in [0.5, 0.6) is 0 Å². The van der Waals surface area contributed by atoms with Crippen molar-refractivity contribution in [2.45, 2.75) is 26.8 Å². The van der Waals surface area contributed by atoms with Crippen LogP contribution < -0.4 is 5.32 Å². The molecule has 0 saturated carbocycles. The van der Waals surface area contributed by atoms with Gasteiger partial charge in [-0.25, -0.2) is 0 Å². The maximum absolute atomic E-state index is 12.0. The first-order valence-electron chi connectivity index (χ1n) is 6.37. The van der Waals surface area contributed by atoms with Crippen molar-refractivity contribution in [3.63, 3.8) is 0 Å². The maximum atomic E-state index is 12.0. The summed E-state index contributed by atoms with van der Waals surface area (Å²) in [6, 6.07) is 1.76. The largest absolute Gasteiger partial charge is 0.345 e. The molecule has 106 valence electrons. The Labute approximate surface area is 122 Å². The molecule has 1 rings (SSSR count). The Morgan fingerprint density at radius 1 is 1.42 bits per heavy atom. The molecule has 0 aliphatic carbocycles. The molecule has 0 radical (unpaired) electrons. The van der Waals surface area contributed by atoms with E-state index in [0.29, 0.717) is 12.2 Å². The van der Waals surface area contributed by atoms with Crippen molar-refractivity contribution in [2.75, 3.05) is 20.1 Å². The fourth-order valence-corrected chi connectivity index (χ4v) is 2.11. The third-order valence-corrected chi connectivity index (χ3v) is 3.29. The van der Waals surface area contributed by atoms with E-state index in [2.05, 4.69) is 28.2 Å². The minimum Gasteiger partial charge on any atom is -0.345 e. The van der Waals surface area contributed by atoms with Gasteiger partial charge in [-0.05, 0) is 35.3 Å². The van der Waals surface area contributed by atoms with Crippen molar-refractivity contribution in [1.82, 2.24) is 14.8 Å². The second-order valence-corrected chi connectivity index (χ2v) is 5.24. The van der Waals surface area contributed by atoms with Crippen molar-refractivity contribution in [2.24, 2.45) is 0 Å². The molecule has 0 aromatic carbocycles. The van der Waals surface area contributed by atoms with Crippen molar-refractivity contribution < 1.29 is 9.59 Å². The Morgan fingerprint density at radius 3 is 2.68 bits per heavy atom. The molecule has 1 aromatic rings. The summed E-state index contributed by atoms with van der Waals surface area (Å²) < 4.78 is 2.75. The highest BCUT2D eigenvalue weighted by Gasteiger charge is 2.14. The summed E-state index contributed by atoms with van der Waals surface area (Å²) in [6.07, 6.45) is 2.82. The van der Waals surface area contributed by atoms with Crippen LogP contribution in [0.2, 0.25) is 0 Å². The average Bonchev–Trinajstić information content (AvgIpc) is 2.76. The lowest BCUT2D eigenvalue weighted by atomic mass is 10.3. The van der Waals surface area contributed by atoms with E-state index in [4.69, 9.17) is 0 Å². The minimum atomic E-state index is -0.225. The van der Waals surface area contributed by atoms with E-state index < -0.39 is 0 Å². The van der Waals surface area contributed by atoms with Crippen molar-refractivity contribution >= 4 is 27.7 Å². The first kappa shape index (κ1) is 15.8. The molecular weight excluding hydrogens is 310 g/mol. The van der Waals surface area contributed by atoms with Crippen LogP contribution in [0.3, 0.4) is 0 Å². The Hall–Kier alpha value is -1.30. The van der Waals surface area contributed by atoms with Gasteiger partial charge in [-0.3, -0.25) is 9.59 Å². The number of nitrogens with one attached hydrogen (secondary N) is 1. The van der Waals surface area contributed by atoms with Crippen LogP contribution in [0, 0.1) is 0 Å². The number of aromatic nitrogens is 1. The van der Waals surface area contributed by atoms with Gasteiger partial charge < -0.3 is 14.8 Å². The zero-order valence-corrected chi connectivity index (χ0v) is 13.2. The number of carbonyl (C=O) groups excluding carboxylic acids is 2. The molecule has 0 bridgehead atoms. The van der Waals surface area contributed by atoms with E-state index >= 15 is 0 Å². The Bertz CT molecular complexity index is 457. The summed E-state index contributed by atoms with van der Waals surface area (Å²) in [4.78, 5) is 25.2. The predicted molar refractivity (Wildman–Crippen MR) is 78.1 cm³/mol. The number of rotatable bonds is 6. The van der Waals surface area contributed by atoms with Gasteiger partial charge in [-0.2, -0.15) is 0 Å². The number of carbonyl (C=O) groups is 2. The summed E-state index contributed by atoms with van der Waals surface area (Å²) in [5.74, 6) is -0.319. The number of amides is 2. The summed E-state index contributed by atoms with van der Waals surface area (Å²) >= 11 is 3.36. The number of nitrogens with zero attached hydrogens (tertiary/aromatic N) is 2. The van der Waals surface area contributed by atoms with Crippen LogP contribution in [0.1, 0.15) is 30.8 Å². The van der Waals surface area contributed by atoms with Crippen molar-refractivity contribution in [3.05, 3.63) is 22.4 Å². The average molecular weight is 330 g/mol. The standard InChI is InChI=1S/C13H20BrN3O2/c1-4-6-17-9-10(14)7-11(17)13(19)15-8-12(18)16(3)5-2/h7,9H,4-6,8H2,1-3H3,(H,15,19). The van der Waals surface area contributed by atoms with Gasteiger partial charge in [0.25, 0.3) is 5.91 Å². The van der Waals surface area contributed by atoms with E-state index in [1.807, 2.05) is 17.7 Å². The number of halogens is 1. The third-order valence-electron chi connectivity index (χ3n) is 2.86. The van der Waals surface area contributed by atoms with E-state index in [-0.39, 0.29) is 18.4 Å². The number of likely N-dealkylation sites (N-methyl/N-ethyl adjacent to an activating group) is 1. The summed E-state index contributed by atoms with van der Waals surface area (Å²) in [7, 11) is 1.71. The van der Waals surface area contributed by atoms with Crippen LogP contribution in [0.15, 0.2) is 16.7 Å². The summed E-state index contributed by atoms with van der Waals surface area (Å²) in [5, 5.41) is 2.65. The van der Waals surface area contributed by atoms with Crippen LogP contribution in [0.4, 0.5) is 0 Å². The highest BCUT2D eigenvalue weighted by atomic mass is 79.9. The lowest BCUT2D eigenvalue weighted by Gasteiger charge is -2.15. The Kier molecular flexibility index (Phi) is 6.08. The Balaban J connectivity index is 2.65. The van der Waals surface area contributed by atoms with Gasteiger partial charge in [0, 0.05) is 30.8 Å². The van der Waals surface area contributed by atoms with E-state index in [1.165, 1.54) is 0 Å². The normalized spacial score (nSPS) is 10.3. The first-order valence-corrected chi connectivity index (χ1v) is 7.16. The quantitative estimate of drug-likeness (QED) is 0.866. The monoisotopic (exact) mass is 329 g/mol. The predicted octanol–water partition coefficient (Wildman–Crippen LogP) is 1.87. The Morgan fingerprint density at radius 2 is 2.11 bits per heavy atom. The van der Waals surface area contributed by atoms with Crippen LogP contribution in [0.25, 0.3) is 0 Å². The summed E-state index contributed by atoms with van der Waals surface area (Å²) in [6.45, 7) is 5.38. The molecule has 0 aliphatic rings. The van der Waals surface area contributed by atoms with Gasteiger partial charge in [-0.1, -0.05) is 6.92 Å². The zero-order chi connectivity index (χ0) is 14.4. The highest BCUT2D eigenvalue weighted by molar-refractivity contribution is 9.10. The van der Waals surface area contributed by atoms with Gasteiger partial charge in [0.2, 0.25) is 5.91 Å². The molecule has 0 saturated heterocycles. The molecule has 1 heterocycles. The summed E-state index contributed by atoms with van der Waals surface area (Å²) in [5.41, 5.74) is 0.570. The molecule has 0 atom stereocenters. The number of hydrogen-bond acceptors (Lipinski definition) is 2. The lowest BCUT2D eigenvalue weighted by molar-refractivity contribution is -0.128.